The molecule has 1 atom stereocenters. The maximum atomic E-state index is 5.25. The lowest BCUT2D eigenvalue weighted by atomic mass is 10.00. The van der Waals surface area contributed by atoms with E-state index >= 15 is 0 Å². The molecule has 3 aromatic rings. The van der Waals surface area contributed by atoms with Crippen molar-refractivity contribution in [3.05, 3.63) is 54.1 Å². The molecular weight excluding hydrogens is 275 g/mol. The SMILES string of the molecule is S=P1=Cc2c(ccc3cc4ccccc4cc23)OO1. The number of rotatable bonds is 0. The van der Waals surface area contributed by atoms with E-state index < -0.39 is 6.55 Å². The van der Waals surface area contributed by atoms with Crippen LogP contribution < -0.4 is 4.89 Å². The van der Waals surface area contributed by atoms with Crippen LogP contribution in [0.4, 0.5) is 0 Å². The maximum absolute atomic E-state index is 5.25. The van der Waals surface area contributed by atoms with Crippen molar-refractivity contribution in [1.82, 2.24) is 0 Å². The van der Waals surface area contributed by atoms with E-state index in [0.717, 1.165) is 16.7 Å². The predicted octanol–water partition coefficient (Wildman–Crippen LogP) is 4.33. The molecule has 19 heavy (non-hydrogen) atoms. The fraction of sp³-hybridized carbons (Fsp3) is 0. The number of fused-ring (bicyclic) bond motifs is 4. The van der Waals surface area contributed by atoms with Crippen molar-refractivity contribution in [2.75, 3.05) is 0 Å². The summed E-state index contributed by atoms with van der Waals surface area (Å²) in [4.78, 5) is 5.25. The highest BCUT2D eigenvalue weighted by Crippen LogP contribution is 2.35. The Kier molecular flexibility index (Phi) is 2.46. The van der Waals surface area contributed by atoms with E-state index in [1.54, 1.807) is 0 Å². The van der Waals surface area contributed by atoms with Crippen LogP contribution in [0.25, 0.3) is 21.5 Å². The van der Waals surface area contributed by atoms with Gasteiger partial charge in [-0.15, -0.1) is 4.67 Å². The lowest BCUT2D eigenvalue weighted by Gasteiger charge is -2.13. The lowest BCUT2D eigenvalue weighted by Crippen LogP contribution is -1.99. The van der Waals surface area contributed by atoms with Crippen LogP contribution in [0.5, 0.6) is 5.75 Å². The molecule has 0 fully saturated rings. The molecule has 0 N–H and O–H groups in total. The standard InChI is InChI=1S/C15H9O2PS/c19-18-9-14-13-8-11-4-2-1-3-10(11)7-12(13)5-6-15(14)16-17-18/h1-9H. The monoisotopic (exact) mass is 284 g/mol. The molecule has 1 aliphatic rings. The van der Waals surface area contributed by atoms with Gasteiger partial charge in [-0.25, -0.2) is 0 Å². The van der Waals surface area contributed by atoms with Crippen LogP contribution in [0.3, 0.4) is 0 Å². The highest BCUT2D eigenvalue weighted by atomic mass is 32.4. The minimum Gasteiger partial charge on any atom is -0.328 e. The minimum absolute atomic E-state index is 0.742. The molecule has 1 heterocycles. The smallest absolute Gasteiger partial charge is 0.174 e. The molecule has 0 saturated heterocycles. The number of hydrogen-bond donors (Lipinski definition) is 0. The Hall–Kier alpha value is -1.67. The van der Waals surface area contributed by atoms with Crippen molar-refractivity contribution in [3.63, 3.8) is 0 Å². The Morgan fingerprint density at radius 2 is 1.68 bits per heavy atom. The topological polar surface area (TPSA) is 18.5 Å². The van der Waals surface area contributed by atoms with Crippen molar-refractivity contribution in [1.29, 1.82) is 0 Å². The highest BCUT2D eigenvalue weighted by Gasteiger charge is 2.13. The Balaban J connectivity index is 2.17. The second-order valence-corrected chi connectivity index (χ2v) is 6.53. The molecule has 0 bridgehead atoms. The molecule has 0 aromatic heterocycles. The van der Waals surface area contributed by atoms with Gasteiger partial charge in [0.2, 0.25) is 0 Å². The molecule has 0 radical (unpaired) electrons. The van der Waals surface area contributed by atoms with E-state index in [0.29, 0.717) is 0 Å². The van der Waals surface area contributed by atoms with Gasteiger partial charge in [-0.2, -0.15) is 0 Å². The molecule has 0 amide bonds. The minimum atomic E-state index is -1.06. The lowest BCUT2D eigenvalue weighted by molar-refractivity contribution is -0.0829. The molecule has 1 unspecified atom stereocenters. The number of hydrogen-bond acceptors (Lipinski definition) is 3. The van der Waals surface area contributed by atoms with Gasteiger partial charge in [0.1, 0.15) is 6.55 Å². The van der Waals surface area contributed by atoms with Crippen molar-refractivity contribution >= 4 is 45.7 Å². The zero-order valence-electron chi connectivity index (χ0n) is 9.87. The zero-order chi connectivity index (χ0) is 12.8. The van der Waals surface area contributed by atoms with Crippen molar-refractivity contribution < 1.29 is 9.56 Å². The summed E-state index contributed by atoms with van der Waals surface area (Å²) in [5.41, 5.74) is 1.05. The third-order valence-electron chi connectivity index (χ3n) is 3.32. The average molecular weight is 284 g/mol. The second-order valence-electron chi connectivity index (χ2n) is 4.47. The molecule has 0 spiro atoms. The van der Waals surface area contributed by atoms with Gasteiger partial charge in [0, 0.05) is 11.4 Å². The third-order valence-corrected chi connectivity index (χ3v) is 4.51. The predicted molar refractivity (Wildman–Crippen MR) is 82.6 cm³/mol. The largest absolute Gasteiger partial charge is 0.328 e. The first-order chi connectivity index (χ1) is 9.31. The summed E-state index contributed by atoms with van der Waals surface area (Å²) < 4.78 is 5.06. The molecule has 3 aromatic carbocycles. The van der Waals surface area contributed by atoms with Crippen molar-refractivity contribution in [2.45, 2.75) is 0 Å². The molecule has 2 nitrogen and oxygen atoms in total. The van der Waals surface area contributed by atoms with Gasteiger partial charge >= 0.3 is 0 Å². The van der Waals surface area contributed by atoms with Crippen LogP contribution in [-0.2, 0) is 16.5 Å². The number of benzene rings is 3. The highest BCUT2D eigenvalue weighted by molar-refractivity contribution is 8.02. The van der Waals surface area contributed by atoms with E-state index in [1.165, 1.54) is 16.2 Å². The Morgan fingerprint density at radius 1 is 0.895 bits per heavy atom. The summed E-state index contributed by atoms with van der Waals surface area (Å²) in [6, 6.07) is 16.7. The maximum Gasteiger partial charge on any atom is 0.174 e. The molecule has 0 saturated carbocycles. The molecular formula is C15H9O2PS. The zero-order valence-corrected chi connectivity index (χ0v) is 11.6. The Labute approximate surface area is 115 Å². The van der Waals surface area contributed by atoms with Crippen LogP contribution in [-0.4, -0.2) is 5.80 Å². The third kappa shape index (κ3) is 1.79. The fourth-order valence-corrected chi connectivity index (χ4v) is 3.51. The summed E-state index contributed by atoms with van der Waals surface area (Å²) in [5.74, 6) is 2.73. The molecule has 1 aliphatic heterocycles. The normalized spacial score (nSPS) is 15.9. The second kappa shape index (κ2) is 4.17. The van der Waals surface area contributed by atoms with E-state index in [9.17, 15) is 0 Å². The Bertz CT molecular complexity index is 895. The van der Waals surface area contributed by atoms with E-state index in [-0.39, 0.29) is 0 Å². The summed E-state index contributed by atoms with van der Waals surface area (Å²) in [7, 11) is 0. The van der Waals surface area contributed by atoms with Crippen LogP contribution >= 0.6 is 6.55 Å². The van der Waals surface area contributed by atoms with Crippen LogP contribution in [0, 0.1) is 0 Å². The van der Waals surface area contributed by atoms with Gasteiger partial charge in [-0.05, 0) is 51.6 Å². The van der Waals surface area contributed by atoms with Crippen LogP contribution in [0.2, 0.25) is 0 Å². The van der Waals surface area contributed by atoms with Gasteiger partial charge in [0.25, 0.3) is 0 Å². The quantitative estimate of drug-likeness (QED) is 0.348. The van der Waals surface area contributed by atoms with Gasteiger partial charge in [-0.1, -0.05) is 30.3 Å². The van der Waals surface area contributed by atoms with Crippen molar-refractivity contribution in [3.8, 4) is 5.75 Å². The van der Waals surface area contributed by atoms with E-state index in [4.69, 9.17) is 21.4 Å². The first-order valence-corrected chi connectivity index (χ1v) is 8.27. The van der Waals surface area contributed by atoms with Gasteiger partial charge in [0.05, 0.1) is 0 Å². The molecule has 4 rings (SSSR count). The molecule has 4 heteroatoms. The summed E-state index contributed by atoms with van der Waals surface area (Å²) in [6.45, 7) is -1.06. The van der Waals surface area contributed by atoms with Crippen molar-refractivity contribution in [2.24, 2.45) is 0 Å². The average Bonchev–Trinajstić information content (AvgIpc) is 2.45. The first kappa shape index (κ1) is 11.2. The molecule has 0 aliphatic carbocycles. The van der Waals surface area contributed by atoms with Crippen LogP contribution in [0.1, 0.15) is 5.56 Å². The fourth-order valence-electron chi connectivity index (χ4n) is 2.43. The summed E-state index contributed by atoms with van der Waals surface area (Å²) in [6.07, 6.45) is 0. The van der Waals surface area contributed by atoms with Crippen LogP contribution in [0.15, 0.2) is 48.5 Å². The first-order valence-electron chi connectivity index (χ1n) is 5.93. The van der Waals surface area contributed by atoms with E-state index in [2.05, 4.69) is 36.4 Å². The summed E-state index contributed by atoms with van der Waals surface area (Å²) >= 11 is 5.19. The Morgan fingerprint density at radius 3 is 2.53 bits per heavy atom. The van der Waals surface area contributed by atoms with Gasteiger partial charge in [-0.3, -0.25) is 0 Å². The van der Waals surface area contributed by atoms with Gasteiger partial charge in [0.15, 0.2) is 5.75 Å². The van der Waals surface area contributed by atoms with Gasteiger partial charge < -0.3 is 4.89 Å². The summed E-state index contributed by atoms with van der Waals surface area (Å²) in [5, 5.41) is 4.81. The molecule has 92 valence electrons. The van der Waals surface area contributed by atoms with E-state index in [1.807, 2.05) is 17.9 Å².